The van der Waals surface area contributed by atoms with Gasteiger partial charge in [-0.3, -0.25) is 9.48 Å². The number of aryl methyl sites for hydroxylation is 1. The Labute approximate surface area is 147 Å². The topological polar surface area (TPSA) is 75.5 Å². The number of carbonyl (C=O) groups excluding carboxylic acids is 1. The Balaban J connectivity index is 1.75. The van der Waals surface area contributed by atoms with Gasteiger partial charge in [-0.25, -0.2) is 8.42 Å². The van der Waals surface area contributed by atoms with E-state index in [4.69, 9.17) is 0 Å². The van der Waals surface area contributed by atoms with Crippen molar-refractivity contribution in [3.8, 4) is 0 Å². The molecular formula is C15H24N4O3S2. The molecule has 1 amide bonds. The van der Waals surface area contributed by atoms with Crippen molar-refractivity contribution in [1.82, 2.24) is 19.0 Å². The van der Waals surface area contributed by atoms with Crippen molar-refractivity contribution >= 4 is 27.7 Å². The summed E-state index contributed by atoms with van der Waals surface area (Å²) in [6.07, 6.45) is 2.88. The summed E-state index contributed by atoms with van der Waals surface area (Å²) < 4.78 is 28.8. The van der Waals surface area contributed by atoms with E-state index >= 15 is 0 Å². The van der Waals surface area contributed by atoms with Gasteiger partial charge in [-0.15, -0.1) is 0 Å². The number of hydrogen-bond donors (Lipinski definition) is 0. The normalized spacial score (nSPS) is 23.4. The van der Waals surface area contributed by atoms with Crippen LogP contribution in [0.4, 0.5) is 0 Å². The number of thioether (sulfide) groups is 1. The molecule has 0 unspecified atom stereocenters. The van der Waals surface area contributed by atoms with Gasteiger partial charge < -0.3 is 4.90 Å². The highest BCUT2D eigenvalue weighted by Crippen LogP contribution is 2.27. The van der Waals surface area contributed by atoms with E-state index in [0.29, 0.717) is 12.2 Å². The van der Waals surface area contributed by atoms with Crippen LogP contribution in [0.2, 0.25) is 0 Å². The van der Waals surface area contributed by atoms with Crippen molar-refractivity contribution in [3.63, 3.8) is 0 Å². The van der Waals surface area contributed by atoms with Crippen LogP contribution in [0.5, 0.6) is 0 Å². The molecule has 2 aliphatic heterocycles. The fourth-order valence-electron chi connectivity index (χ4n) is 3.28. The van der Waals surface area contributed by atoms with Crippen LogP contribution in [-0.4, -0.2) is 71.0 Å². The van der Waals surface area contributed by atoms with Gasteiger partial charge in [0.25, 0.3) is 0 Å². The van der Waals surface area contributed by atoms with Crippen molar-refractivity contribution in [1.29, 1.82) is 0 Å². The van der Waals surface area contributed by atoms with E-state index < -0.39 is 10.0 Å². The lowest BCUT2D eigenvalue weighted by Crippen LogP contribution is -2.48. The molecule has 0 radical (unpaired) electrons. The minimum absolute atomic E-state index is 0.109. The first-order chi connectivity index (χ1) is 11.4. The van der Waals surface area contributed by atoms with E-state index in [1.807, 2.05) is 16.7 Å². The Morgan fingerprint density at radius 2 is 2.00 bits per heavy atom. The van der Waals surface area contributed by atoms with E-state index in [1.165, 1.54) is 10.5 Å². The van der Waals surface area contributed by atoms with Gasteiger partial charge in [0.1, 0.15) is 4.90 Å². The summed E-state index contributed by atoms with van der Waals surface area (Å²) in [6, 6.07) is 0. The van der Waals surface area contributed by atoms with Gasteiger partial charge in [-0.1, -0.05) is 0 Å². The third-order valence-electron chi connectivity index (χ3n) is 4.86. The highest BCUT2D eigenvalue weighted by Gasteiger charge is 2.36. The summed E-state index contributed by atoms with van der Waals surface area (Å²) in [7, 11) is -1.87. The average Bonchev–Trinajstić information content (AvgIpc) is 2.95. The van der Waals surface area contributed by atoms with Gasteiger partial charge in [-0.2, -0.15) is 21.2 Å². The lowest BCUT2D eigenvalue weighted by atomic mass is 9.98. The minimum atomic E-state index is -3.59. The predicted molar refractivity (Wildman–Crippen MR) is 93.3 cm³/mol. The first-order valence-electron chi connectivity index (χ1n) is 8.26. The maximum absolute atomic E-state index is 12.9. The highest BCUT2D eigenvalue weighted by molar-refractivity contribution is 7.99. The summed E-state index contributed by atoms with van der Waals surface area (Å²) in [5, 5.41) is 4.04. The molecule has 2 aliphatic rings. The molecule has 1 atom stereocenters. The van der Waals surface area contributed by atoms with Gasteiger partial charge in [0.05, 0.1) is 17.8 Å². The molecule has 0 aliphatic carbocycles. The third-order valence-corrected chi connectivity index (χ3v) is 7.77. The number of hydrogen-bond acceptors (Lipinski definition) is 5. The van der Waals surface area contributed by atoms with Gasteiger partial charge in [-0.05, 0) is 19.8 Å². The second-order valence-corrected chi connectivity index (χ2v) is 9.49. The second-order valence-electron chi connectivity index (χ2n) is 6.36. The summed E-state index contributed by atoms with van der Waals surface area (Å²) in [4.78, 5) is 14.9. The van der Waals surface area contributed by atoms with Crippen LogP contribution in [0.3, 0.4) is 0 Å². The first kappa shape index (κ1) is 17.8. The largest absolute Gasteiger partial charge is 0.341 e. The van der Waals surface area contributed by atoms with Crippen LogP contribution < -0.4 is 0 Å². The predicted octanol–water partition coefficient (Wildman–Crippen LogP) is 0.705. The Hall–Kier alpha value is -1.06. The van der Waals surface area contributed by atoms with Gasteiger partial charge in [0.15, 0.2) is 0 Å². The number of sulfonamides is 1. The molecule has 134 valence electrons. The van der Waals surface area contributed by atoms with Gasteiger partial charge in [0, 0.05) is 44.7 Å². The molecule has 0 aromatic carbocycles. The lowest BCUT2D eigenvalue weighted by molar-refractivity contribution is -0.136. The van der Waals surface area contributed by atoms with Gasteiger partial charge in [0.2, 0.25) is 15.9 Å². The number of nitrogens with zero attached hydrogens (tertiary/aromatic N) is 4. The molecule has 3 rings (SSSR count). The molecule has 2 fully saturated rings. The van der Waals surface area contributed by atoms with Crippen LogP contribution in [0.15, 0.2) is 11.1 Å². The molecule has 7 nitrogen and oxygen atoms in total. The van der Waals surface area contributed by atoms with Crippen LogP contribution >= 0.6 is 11.8 Å². The van der Waals surface area contributed by atoms with E-state index in [9.17, 15) is 13.2 Å². The molecular weight excluding hydrogens is 348 g/mol. The molecule has 0 spiro atoms. The molecule has 9 heteroatoms. The van der Waals surface area contributed by atoms with E-state index in [2.05, 4.69) is 5.10 Å². The highest BCUT2D eigenvalue weighted by atomic mass is 32.2. The SMILES string of the molecule is Cc1c(S(=O)(=O)N2CCC[C@H](C(=O)N3CCSCC3)C2)cnn1C. The first-order valence-corrected chi connectivity index (χ1v) is 10.9. The van der Waals surface area contributed by atoms with Crippen molar-refractivity contribution in [2.24, 2.45) is 13.0 Å². The number of carbonyl (C=O) groups is 1. The maximum atomic E-state index is 12.9. The Morgan fingerprint density at radius 3 is 2.62 bits per heavy atom. The Bertz CT molecular complexity index is 710. The summed E-state index contributed by atoms with van der Waals surface area (Å²) in [5.74, 6) is 1.82. The summed E-state index contributed by atoms with van der Waals surface area (Å²) in [6.45, 7) is 4.04. The molecule has 24 heavy (non-hydrogen) atoms. The molecule has 1 aromatic rings. The number of rotatable bonds is 3. The zero-order valence-corrected chi connectivity index (χ0v) is 15.8. The van der Waals surface area contributed by atoms with E-state index in [1.54, 1.807) is 18.7 Å². The average molecular weight is 373 g/mol. The fourth-order valence-corrected chi connectivity index (χ4v) is 5.89. The van der Waals surface area contributed by atoms with Crippen molar-refractivity contribution in [3.05, 3.63) is 11.9 Å². The molecule has 0 N–H and O–H groups in total. The minimum Gasteiger partial charge on any atom is -0.341 e. The third kappa shape index (κ3) is 3.34. The van der Waals surface area contributed by atoms with E-state index in [-0.39, 0.29) is 23.3 Å². The Morgan fingerprint density at radius 1 is 1.29 bits per heavy atom. The molecule has 0 saturated carbocycles. The molecule has 2 saturated heterocycles. The molecule has 3 heterocycles. The molecule has 0 bridgehead atoms. The maximum Gasteiger partial charge on any atom is 0.246 e. The standard InChI is InChI=1S/C15H24N4O3S2/c1-12-14(10-16-17(12)2)24(21,22)19-5-3-4-13(11-19)15(20)18-6-8-23-9-7-18/h10,13H,3-9,11H2,1-2H3/t13-/m0/s1. The smallest absolute Gasteiger partial charge is 0.246 e. The summed E-state index contributed by atoms with van der Waals surface area (Å²) >= 11 is 1.86. The fraction of sp³-hybridized carbons (Fsp3) is 0.733. The second kappa shape index (κ2) is 7.05. The van der Waals surface area contributed by atoms with Crippen LogP contribution in [0.1, 0.15) is 18.5 Å². The zero-order chi connectivity index (χ0) is 17.3. The number of piperidine rings is 1. The number of aromatic nitrogens is 2. The number of amides is 1. The molecule has 1 aromatic heterocycles. The van der Waals surface area contributed by atoms with Gasteiger partial charge >= 0.3 is 0 Å². The summed E-state index contributed by atoms with van der Waals surface area (Å²) in [5.41, 5.74) is 0.622. The monoisotopic (exact) mass is 372 g/mol. The Kier molecular flexibility index (Phi) is 5.22. The quantitative estimate of drug-likeness (QED) is 0.781. The van der Waals surface area contributed by atoms with Crippen LogP contribution in [0.25, 0.3) is 0 Å². The van der Waals surface area contributed by atoms with Crippen molar-refractivity contribution in [2.45, 2.75) is 24.7 Å². The van der Waals surface area contributed by atoms with Crippen molar-refractivity contribution in [2.75, 3.05) is 37.7 Å². The van der Waals surface area contributed by atoms with Crippen LogP contribution in [-0.2, 0) is 21.9 Å². The van der Waals surface area contributed by atoms with E-state index in [0.717, 1.165) is 37.4 Å². The zero-order valence-electron chi connectivity index (χ0n) is 14.1. The lowest BCUT2D eigenvalue weighted by Gasteiger charge is -2.35. The van der Waals surface area contributed by atoms with Crippen LogP contribution in [0, 0.1) is 12.8 Å². The van der Waals surface area contributed by atoms with Crippen molar-refractivity contribution < 1.29 is 13.2 Å².